The fourth-order valence-electron chi connectivity index (χ4n) is 1.16. The normalized spacial score (nSPS) is 9.85. The molecule has 2 nitrogen and oxygen atoms in total. The van der Waals surface area contributed by atoms with Crippen LogP contribution in [0.3, 0.4) is 0 Å². The molecule has 0 unspecified atom stereocenters. The van der Waals surface area contributed by atoms with Crippen molar-refractivity contribution >= 4 is 0 Å². The highest BCUT2D eigenvalue weighted by Gasteiger charge is 1.89. The molecule has 76 valence electrons. The van der Waals surface area contributed by atoms with Crippen LogP contribution in [0.4, 0.5) is 0 Å². The first-order valence-electron chi connectivity index (χ1n) is 5.17. The molecular weight excluding hydrogens is 162 g/mol. The van der Waals surface area contributed by atoms with Crippen LogP contribution in [0.2, 0.25) is 0 Å². The van der Waals surface area contributed by atoms with Crippen molar-refractivity contribution in [2.45, 2.75) is 38.5 Å². The van der Waals surface area contributed by atoms with E-state index in [-0.39, 0.29) is 0 Å². The minimum atomic E-state index is 0.329. The Hall–Kier alpha value is -0.520. The summed E-state index contributed by atoms with van der Waals surface area (Å²) in [5, 5.41) is 11.9. The summed E-state index contributed by atoms with van der Waals surface area (Å²) < 4.78 is 0. The van der Waals surface area contributed by atoms with Crippen molar-refractivity contribution in [2.75, 3.05) is 19.7 Å². The fourth-order valence-corrected chi connectivity index (χ4v) is 1.16. The van der Waals surface area contributed by atoms with Gasteiger partial charge in [-0.05, 0) is 32.4 Å². The van der Waals surface area contributed by atoms with Gasteiger partial charge in [-0.3, -0.25) is 0 Å². The number of rotatable bonds is 9. The van der Waals surface area contributed by atoms with Crippen molar-refractivity contribution in [1.82, 2.24) is 5.32 Å². The number of hydrogen-bond acceptors (Lipinski definition) is 2. The Morgan fingerprint density at radius 2 is 1.69 bits per heavy atom. The second kappa shape index (κ2) is 11.5. The molecular formula is C11H21NO. The van der Waals surface area contributed by atoms with Crippen LogP contribution < -0.4 is 5.32 Å². The molecule has 0 radical (unpaired) electrons. The zero-order valence-electron chi connectivity index (χ0n) is 8.39. The van der Waals surface area contributed by atoms with Gasteiger partial charge < -0.3 is 10.4 Å². The van der Waals surface area contributed by atoms with Gasteiger partial charge in [0.05, 0.1) is 0 Å². The number of terminal acetylenes is 1. The van der Waals surface area contributed by atoms with E-state index in [2.05, 4.69) is 11.2 Å². The van der Waals surface area contributed by atoms with Gasteiger partial charge in [-0.2, -0.15) is 0 Å². The van der Waals surface area contributed by atoms with Crippen molar-refractivity contribution in [3.05, 3.63) is 0 Å². The molecule has 0 fully saturated rings. The van der Waals surface area contributed by atoms with Crippen molar-refractivity contribution in [2.24, 2.45) is 0 Å². The van der Waals surface area contributed by atoms with Gasteiger partial charge in [0, 0.05) is 13.0 Å². The Bertz CT molecular complexity index is 129. The monoisotopic (exact) mass is 183 g/mol. The van der Waals surface area contributed by atoms with Crippen molar-refractivity contribution in [1.29, 1.82) is 0 Å². The summed E-state index contributed by atoms with van der Waals surface area (Å²) in [6.45, 7) is 2.44. The van der Waals surface area contributed by atoms with Crippen LogP contribution in [-0.2, 0) is 0 Å². The maximum Gasteiger partial charge on any atom is 0.0431 e. The summed E-state index contributed by atoms with van der Waals surface area (Å²) in [4.78, 5) is 0. The quantitative estimate of drug-likeness (QED) is 0.420. The van der Waals surface area contributed by atoms with Gasteiger partial charge >= 0.3 is 0 Å². The average Bonchev–Trinajstić information content (AvgIpc) is 2.16. The van der Waals surface area contributed by atoms with Crippen LogP contribution >= 0.6 is 0 Å². The van der Waals surface area contributed by atoms with Crippen LogP contribution in [0.25, 0.3) is 0 Å². The third-order valence-corrected chi connectivity index (χ3v) is 1.94. The lowest BCUT2D eigenvalue weighted by molar-refractivity contribution is 0.282. The average molecular weight is 183 g/mol. The van der Waals surface area contributed by atoms with E-state index in [0.717, 1.165) is 38.8 Å². The lowest BCUT2D eigenvalue weighted by Crippen LogP contribution is -2.16. The van der Waals surface area contributed by atoms with E-state index >= 15 is 0 Å². The number of unbranched alkanes of at least 4 members (excludes halogenated alkanes) is 4. The molecule has 0 aliphatic heterocycles. The van der Waals surface area contributed by atoms with Crippen LogP contribution in [0.5, 0.6) is 0 Å². The smallest absolute Gasteiger partial charge is 0.0431 e. The van der Waals surface area contributed by atoms with Gasteiger partial charge in [0.25, 0.3) is 0 Å². The minimum Gasteiger partial charge on any atom is -0.396 e. The molecule has 0 atom stereocenters. The second-order valence-corrected chi connectivity index (χ2v) is 3.20. The maximum atomic E-state index is 8.53. The largest absolute Gasteiger partial charge is 0.396 e. The van der Waals surface area contributed by atoms with E-state index in [1.54, 1.807) is 0 Å². The molecule has 0 bridgehead atoms. The molecule has 0 heterocycles. The third kappa shape index (κ3) is 11.5. The Kier molecular flexibility index (Phi) is 11.0. The molecule has 0 aromatic carbocycles. The molecule has 0 rings (SSSR count). The molecule has 2 heteroatoms. The number of hydrogen-bond donors (Lipinski definition) is 2. The highest BCUT2D eigenvalue weighted by molar-refractivity contribution is 4.83. The van der Waals surface area contributed by atoms with Gasteiger partial charge in [-0.1, -0.05) is 12.8 Å². The minimum absolute atomic E-state index is 0.329. The second-order valence-electron chi connectivity index (χ2n) is 3.20. The molecule has 0 saturated carbocycles. The van der Waals surface area contributed by atoms with Gasteiger partial charge in [-0.25, -0.2) is 0 Å². The van der Waals surface area contributed by atoms with E-state index in [4.69, 9.17) is 11.5 Å². The lowest BCUT2D eigenvalue weighted by atomic mass is 10.2. The molecule has 0 saturated heterocycles. The van der Waals surface area contributed by atoms with Crippen molar-refractivity contribution in [3.8, 4) is 12.3 Å². The van der Waals surface area contributed by atoms with Crippen LogP contribution in [0.15, 0.2) is 0 Å². The molecule has 0 aliphatic carbocycles. The van der Waals surface area contributed by atoms with E-state index in [9.17, 15) is 0 Å². The van der Waals surface area contributed by atoms with Gasteiger partial charge in [0.1, 0.15) is 0 Å². The number of aliphatic hydroxyl groups excluding tert-OH is 1. The summed E-state index contributed by atoms with van der Waals surface area (Å²) in [7, 11) is 0. The van der Waals surface area contributed by atoms with Gasteiger partial charge in [0.2, 0.25) is 0 Å². The van der Waals surface area contributed by atoms with E-state index in [1.807, 2.05) is 0 Å². The lowest BCUT2D eigenvalue weighted by Gasteiger charge is -2.02. The zero-order chi connectivity index (χ0) is 9.78. The fraction of sp³-hybridized carbons (Fsp3) is 0.818. The number of nitrogens with one attached hydrogen (secondary N) is 1. The van der Waals surface area contributed by atoms with Crippen LogP contribution in [-0.4, -0.2) is 24.8 Å². The SMILES string of the molecule is C#CCCCNCCCCCCO. The summed E-state index contributed by atoms with van der Waals surface area (Å²) in [5.74, 6) is 2.62. The summed E-state index contributed by atoms with van der Waals surface area (Å²) in [6, 6.07) is 0. The summed E-state index contributed by atoms with van der Waals surface area (Å²) >= 11 is 0. The molecule has 0 aliphatic rings. The summed E-state index contributed by atoms with van der Waals surface area (Å²) in [5.41, 5.74) is 0. The molecule has 0 amide bonds. The van der Waals surface area contributed by atoms with E-state index in [1.165, 1.54) is 12.8 Å². The Morgan fingerprint density at radius 1 is 1.00 bits per heavy atom. The third-order valence-electron chi connectivity index (χ3n) is 1.94. The molecule has 13 heavy (non-hydrogen) atoms. The van der Waals surface area contributed by atoms with Crippen LogP contribution in [0, 0.1) is 12.3 Å². The standard InChI is InChI=1S/C11H21NO/c1-2-3-6-9-12-10-7-4-5-8-11-13/h1,12-13H,3-11H2. The molecule has 0 aromatic rings. The number of aliphatic hydroxyl groups is 1. The predicted octanol–water partition coefficient (Wildman–Crippen LogP) is 1.54. The Labute approximate surface area is 81.7 Å². The highest BCUT2D eigenvalue weighted by Crippen LogP contribution is 1.97. The Balaban J connectivity index is 2.80. The van der Waals surface area contributed by atoms with E-state index in [0.29, 0.717) is 6.61 Å². The van der Waals surface area contributed by atoms with Crippen LogP contribution in [0.1, 0.15) is 38.5 Å². The zero-order valence-corrected chi connectivity index (χ0v) is 8.39. The highest BCUT2D eigenvalue weighted by atomic mass is 16.2. The molecule has 0 aromatic heterocycles. The molecule has 2 N–H and O–H groups in total. The predicted molar refractivity (Wildman–Crippen MR) is 56.5 cm³/mol. The molecule has 0 spiro atoms. The first-order valence-corrected chi connectivity index (χ1v) is 5.17. The maximum absolute atomic E-state index is 8.53. The van der Waals surface area contributed by atoms with Crippen molar-refractivity contribution in [3.63, 3.8) is 0 Å². The topological polar surface area (TPSA) is 32.3 Å². The first-order chi connectivity index (χ1) is 6.41. The van der Waals surface area contributed by atoms with Gasteiger partial charge in [-0.15, -0.1) is 12.3 Å². The Morgan fingerprint density at radius 3 is 2.38 bits per heavy atom. The summed E-state index contributed by atoms with van der Waals surface area (Å²) in [6.07, 6.45) is 11.6. The van der Waals surface area contributed by atoms with Crippen molar-refractivity contribution < 1.29 is 5.11 Å². The van der Waals surface area contributed by atoms with Gasteiger partial charge in [0.15, 0.2) is 0 Å². The van der Waals surface area contributed by atoms with E-state index < -0.39 is 0 Å². The first kappa shape index (κ1) is 12.5.